The summed E-state index contributed by atoms with van der Waals surface area (Å²) in [6.45, 7) is 2.92. The Morgan fingerprint density at radius 2 is 1.51 bits per heavy atom. The molecule has 41 heavy (non-hydrogen) atoms. The molecule has 0 aromatic heterocycles. The monoisotopic (exact) mass is 615 g/mol. The molecule has 1 aliphatic rings. The van der Waals surface area contributed by atoms with Crippen LogP contribution < -0.4 is 9.62 Å². The number of hydrogen-bond acceptors (Lipinski definition) is 4. The van der Waals surface area contributed by atoms with Gasteiger partial charge in [0.25, 0.3) is 10.0 Å². The number of anilines is 1. The van der Waals surface area contributed by atoms with Crippen molar-refractivity contribution in [3.8, 4) is 0 Å². The Morgan fingerprint density at radius 3 is 2.12 bits per heavy atom. The maximum Gasteiger partial charge on any atom is 0.264 e. The maximum atomic E-state index is 14.1. The molecule has 218 valence electrons. The molecule has 1 saturated carbocycles. The Kier molecular flexibility index (Phi) is 10.3. The zero-order valence-electron chi connectivity index (χ0n) is 23.2. The summed E-state index contributed by atoms with van der Waals surface area (Å²) >= 11 is 12.9. The second-order valence-corrected chi connectivity index (χ2v) is 13.1. The average Bonchev–Trinajstić information content (AvgIpc) is 2.96. The second kappa shape index (κ2) is 13.7. The van der Waals surface area contributed by atoms with E-state index in [1.165, 1.54) is 17.0 Å². The van der Waals surface area contributed by atoms with Gasteiger partial charge in [-0.05, 0) is 63.1 Å². The highest BCUT2D eigenvalue weighted by Crippen LogP contribution is 2.28. The van der Waals surface area contributed by atoms with E-state index < -0.39 is 28.5 Å². The van der Waals surface area contributed by atoms with Crippen LogP contribution in [0.1, 0.15) is 50.2 Å². The molecule has 0 spiro atoms. The number of carbonyl (C=O) groups excluding carboxylic acids is 2. The zero-order valence-corrected chi connectivity index (χ0v) is 25.6. The Bertz CT molecular complexity index is 1440. The van der Waals surface area contributed by atoms with Crippen LogP contribution in [0, 0.1) is 6.92 Å². The minimum Gasteiger partial charge on any atom is -0.352 e. The van der Waals surface area contributed by atoms with Crippen molar-refractivity contribution in [3.63, 3.8) is 0 Å². The van der Waals surface area contributed by atoms with E-state index in [1.54, 1.807) is 67.6 Å². The number of hydrogen-bond donors (Lipinski definition) is 1. The van der Waals surface area contributed by atoms with E-state index >= 15 is 0 Å². The first-order chi connectivity index (χ1) is 19.6. The smallest absolute Gasteiger partial charge is 0.264 e. The highest BCUT2D eigenvalue weighted by Gasteiger charge is 2.33. The van der Waals surface area contributed by atoms with E-state index in [1.807, 2.05) is 6.92 Å². The molecule has 0 saturated heterocycles. The van der Waals surface area contributed by atoms with E-state index in [9.17, 15) is 18.0 Å². The van der Waals surface area contributed by atoms with Crippen molar-refractivity contribution in [1.82, 2.24) is 10.2 Å². The molecule has 2 amide bonds. The topological polar surface area (TPSA) is 86.8 Å². The zero-order chi connectivity index (χ0) is 29.6. The molecule has 3 aromatic rings. The fourth-order valence-electron chi connectivity index (χ4n) is 4.97. The number of amides is 2. The molecule has 1 N–H and O–H groups in total. The lowest BCUT2D eigenvalue weighted by atomic mass is 9.95. The Morgan fingerprint density at radius 1 is 0.902 bits per heavy atom. The van der Waals surface area contributed by atoms with E-state index in [-0.39, 0.29) is 23.4 Å². The van der Waals surface area contributed by atoms with Crippen LogP contribution in [0.15, 0.2) is 77.7 Å². The van der Waals surface area contributed by atoms with Gasteiger partial charge in [-0.2, -0.15) is 0 Å². The van der Waals surface area contributed by atoms with Crippen molar-refractivity contribution in [1.29, 1.82) is 0 Å². The SMILES string of the molecule is Cc1ccc(S(=O)(=O)N(CC(=O)N(Cc2c(Cl)cccc2Cl)[C@@H](C)C(=O)NC2CCCCC2)c2ccccc2)cc1. The Labute approximate surface area is 252 Å². The molecule has 0 aliphatic heterocycles. The van der Waals surface area contributed by atoms with Crippen LogP contribution in [0.25, 0.3) is 0 Å². The van der Waals surface area contributed by atoms with Crippen molar-refractivity contribution in [3.05, 3.63) is 94.0 Å². The standard InChI is InChI=1S/C31H35Cl2N3O4S/c1-22-16-18-26(19-17-22)41(39,40)36(25-12-7-4-8-13-25)21-30(37)35(20-27-28(32)14-9-15-29(27)33)23(2)31(38)34-24-10-5-3-6-11-24/h4,7-9,12-19,23-24H,3,5-6,10-11,20-21H2,1-2H3,(H,34,38)/t23-/m0/s1. The van der Waals surface area contributed by atoms with Gasteiger partial charge < -0.3 is 10.2 Å². The van der Waals surface area contributed by atoms with Crippen LogP contribution in [0.4, 0.5) is 5.69 Å². The molecular weight excluding hydrogens is 581 g/mol. The predicted octanol–water partition coefficient (Wildman–Crippen LogP) is 6.36. The van der Waals surface area contributed by atoms with Gasteiger partial charge in [-0.25, -0.2) is 8.42 Å². The van der Waals surface area contributed by atoms with E-state index in [2.05, 4.69) is 5.32 Å². The number of nitrogens with zero attached hydrogens (tertiary/aromatic N) is 2. The number of sulfonamides is 1. The van der Waals surface area contributed by atoms with Gasteiger partial charge in [-0.1, -0.05) is 84.4 Å². The number of aryl methyl sites for hydroxylation is 1. The third-order valence-corrected chi connectivity index (χ3v) is 9.94. The molecule has 0 radical (unpaired) electrons. The lowest BCUT2D eigenvalue weighted by molar-refractivity contribution is -0.139. The van der Waals surface area contributed by atoms with E-state index in [0.717, 1.165) is 42.0 Å². The van der Waals surface area contributed by atoms with Crippen LogP contribution in [-0.4, -0.2) is 43.8 Å². The van der Waals surface area contributed by atoms with Gasteiger partial charge in [0.15, 0.2) is 0 Å². The van der Waals surface area contributed by atoms with Crippen molar-refractivity contribution < 1.29 is 18.0 Å². The number of rotatable bonds is 10. The predicted molar refractivity (Wildman–Crippen MR) is 164 cm³/mol. The van der Waals surface area contributed by atoms with Gasteiger partial charge >= 0.3 is 0 Å². The number of carbonyl (C=O) groups is 2. The Hall–Kier alpha value is -3.07. The van der Waals surface area contributed by atoms with Crippen LogP contribution in [0.3, 0.4) is 0 Å². The van der Waals surface area contributed by atoms with Gasteiger partial charge in [0, 0.05) is 28.2 Å². The molecule has 1 aliphatic carbocycles. The van der Waals surface area contributed by atoms with Gasteiger partial charge in [0.1, 0.15) is 12.6 Å². The number of nitrogens with one attached hydrogen (secondary N) is 1. The summed E-state index contributed by atoms with van der Waals surface area (Å²) in [5.74, 6) is -0.868. The van der Waals surface area contributed by atoms with Crippen LogP contribution in [0.5, 0.6) is 0 Å². The molecular formula is C31H35Cl2N3O4S. The average molecular weight is 617 g/mol. The van der Waals surface area contributed by atoms with Crippen LogP contribution in [-0.2, 0) is 26.2 Å². The van der Waals surface area contributed by atoms with Crippen molar-refractivity contribution in [2.24, 2.45) is 0 Å². The summed E-state index contributed by atoms with van der Waals surface area (Å²) < 4.78 is 28.8. The lowest BCUT2D eigenvalue weighted by Gasteiger charge is -2.33. The Balaban J connectivity index is 1.69. The summed E-state index contributed by atoms with van der Waals surface area (Å²) in [5, 5.41) is 3.78. The molecule has 0 bridgehead atoms. The first-order valence-electron chi connectivity index (χ1n) is 13.7. The van der Waals surface area contributed by atoms with Gasteiger partial charge in [0.05, 0.1) is 10.6 Å². The van der Waals surface area contributed by atoms with Crippen LogP contribution >= 0.6 is 23.2 Å². The lowest BCUT2D eigenvalue weighted by Crippen LogP contribution is -2.53. The third-order valence-electron chi connectivity index (χ3n) is 7.44. The maximum absolute atomic E-state index is 14.1. The summed E-state index contributed by atoms with van der Waals surface area (Å²) in [6, 6.07) is 19.1. The third kappa shape index (κ3) is 7.61. The minimum absolute atomic E-state index is 0.0438. The van der Waals surface area contributed by atoms with Crippen molar-refractivity contribution in [2.75, 3.05) is 10.8 Å². The normalized spacial score (nSPS) is 14.7. The summed E-state index contributed by atoms with van der Waals surface area (Å²) in [5.41, 5.74) is 1.72. The summed E-state index contributed by atoms with van der Waals surface area (Å²) in [6.07, 6.45) is 5.00. The van der Waals surface area contributed by atoms with Gasteiger partial charge in [-0.3, -0.25) is 13.9 Å². The molecule has 0 unspecified atom stereocenters. The first kappa shape index (κ1) is 30.9. The highest BCUT2D eigenvalue weighted by molar-refractivity contribution is 7.92. The number of halogens is 2. The molecule has 3 aromatic carbocycles. The fourth-order valence-corrected chi connectivity index (χ4v) is 6.90. The highest BCUT2D eigenvalue weighted by atomic mass is 35.5. The number of para-hydroxylation sites is 1. The summed E-state index contributed by atoms with van der Waals surface area (Å²) in [4.78, 5) is 28.9. The second-order valence-electron chi connectivity index (χ2n) is 10.4. The quantitative estimate of drug-likeness (QED) is 0.287. The molecule has 7 nitrogen and oxygen atoms in total. The molecule has 4 rings (SSSR count). The largest absolute Gasteiger partial charge is 0.352 e. The molecule has 10 heteroatoms. The van der Waals surface area contributed by atoms with E-state index in [4.69, 9.17) is 23.2 Å². The van der Waals surface area contributed by atoms with Crippen molar-refractivity contribution >= 4 is 50.7 Å². The fraction of sp³-hybridized carbons (Fsp3) is 0.355. The minimum atomic E-state index is -4.12. The van der Waals surface area contributed by atoms with Crippen molar-refractivity contribution in [2.45, 2.75) is 69.5 Å². The van der Waals surface area contributed by atoms with E-state index in [0.29, 0.717) is 21.3 Å². The first-order valence-corrected chi connectivity index (χ1v) is 15.9. The molecule has 1 fully saturated rings. The number of benzene rings is 3. The van der Waals surface area contributed by atoms with Crippen LogP contribution in [0.2, 0.25) is 10.0 Å². The molecule has 1 atom stereocenters. The van der Waals surface area contributed by atoms with Gasteiger partial charge in [-0.15, -0.1) is 0 Å². The molecule has 0 heterocycles. The van der Waals surface area contributed by atoms with Gasteiger partial charge in [0.2, 0.25) is 11.8 Å². The summed E-state index contributed by atoms with van der Waals surface area (Å²) in [7, 11) is -4.12.